The van der Waals surface area contributed by atoms with Gasteiger partial charge >= 0.3 is 5.97 Å². The molecule has 1 aromatic carbocycles. The van der Waals surface area contributed by atoms with Gasteiger partial charge in [0.25, 0.3) is 5.91 Å². The number of rotatable bonds is 4. The molecule has 1 amide bonds. The number of carbonyl (C=O) groups excluding carboxylic acids is 2. The largest absolute Gasteiger partial charge is 0.465 e. The second kappa shape index (κ2) is 6.94. The molecule has 0 bridgehead atoms. The van der Waals surface area contributed by atoms with Crippen molar-refractivity contribution in [3.63, 3.8) is 0 Å². The quantitative estimate of drug-likeness (QED) is 0.709. The Bertz CT molecular complexity index is 868. The molecule has 2 heterocycles. The van der Waals surface area contributed by atoms with E-state index in [2.05, 4.69) is 15.0 Å². The number of methoxy groups -OCH3 is 1. The molecule has 2 aromatic heterocycles. The third-order valence-corrected chi connectivity index (χ3v) is 5.49. The number of nitrogens with one attached hydrogen (secondary N) is 1. The molecule has 0 radical (unpaired) electrons. The Morgan fingerprint density at radius 3 is 2.54 bits per heavy atom. The number of thiazole rings is 1. The van der Waals surface area contributed by atoms with Gasteiger partial charge in [-0.2, -0.15) is 0 Å². The first-order chi connectivity index (χ1) is 11.6. The van der Waals surface area contributed by atoms with Crippen LogP contribution in [0.3, 0.4) is 0 Å². The molecule has 0 aliphatic rings. The number of aryl methyl sites for hydroxylation is 1. The fourth-order valence-electron chi connectivity index (χ4n) is 2.11. The van der Waals surface area contributed by atoms with Crippen molar-refractivity contribution in [2.75, 3.05) is 12.4 Å². The van der Waals surface area contributed by atoms with Crippen LogP contribution in [0.4, 0.5) is 5.69 Å². The lowest BCUT2D eigenvalue weighted by Crippen LogP contribution is -2.11. The summed E-state index contributed by atoms with van der Waals surface area (Å²) in [6, 6.07) is 10.5. The zero-order valence-corrected chi connectivity index (χ0v) is 14.7. The molecule has 122 valence electrons. The van der Waals surface area contributed by atoms with Gasteiger partial charge < -0.3 is 10.1 Å². The maximum Gasteiger partial charge on any atom is 0.337 e. The summed E-state index contributed by atoms with van der Waals surface area (Å²) in [7, 11) is 1.33. The number of hydrogen-bond donors (Lipinski definition) is 1. The lowest BCUT2D eigenvalue weighted by Gasteiger charge is -2.05. The highest BCUT2D eigenvalue weighted by molar-refractivity contribution is 7.22. The van der Waals surface area contributed by atoms with E-state index in [1.165, 1.54) is 18.4 Å². The fraction of sp³-hybridized carbons (Fsp3) is 0.118. The lowest BCUT2D eigenvalue weighted by molar-refractivity contribution is 0.0600. The van der Waals surface area contributed by atoms with Gasteiger partial charge in [0.1, 0.15) is 9.88 Å². The number of amides is 1. The number of benzene rings is 1. The van der Waals surface area contributed by atoms with E-state index >= 15 is 0 Å². The second-order valence-electron chi connectivity index (χ2n) is 4.93. The SMILES string of the molecule is COC(=O)c1ccc(NC(=O)c2sc(-c3cccs3)nc2C)cc1. The van der Waals surface area contributed by atoms with E-state index in [0.717, 1.165) is 9.88 Å². The first kappa shape index (κ1) is 16.4. The fourth-order valence-corrected chi connectivity index (χ4v) is 3.87. The van der Waals surface area contributed by atoms with Crippen LogP contribution < -0.4 is 5.32 Å². The Labute approximate surface area is 146 Å². The van der Waals surface area contributed by atoms with Crippen LogP contribution in [-0.2, 0) is 4.74 Å². The molecule has 1 N–H and O–H groups in total. The normalized spacial score (nSPS) is 10.4. The Morgan fingerprint density at radius 2 is 1.92 bits per heavy atom. The predicted molar refractivity (Wildman–Crippen MR) is 95.9 cm³/mol. The van der Waals surface area contributed by atoms with Gasteiger partial charge in [0.15, 0.2) is 0 Å². The summed E-state index contributed by atoms with van der Waals surface area (Å²) in [5, 5.41) is 5.65. The number of hydrogen-bond acceptors (Lipinski definition) is 6. The van der Waals surface area contributed by atoms with E-state index in [4.69, 9.17) is 0 Å². The smallest absolute Gasteiger partial charge is 0.337 e. The van der Waals surface area contributed by atoms with E-state index in [1.807, 2.05) is 24.4 Å². The van der Waals surface area contributed by atoms with Crippen molar-refractivity contribution < 1.29 is 14.3 Å². The van der Waals surface area contributed by atoms with Crippen molar-refractivity contribution in [1.82, 2.24) is 4.98 Å². The van der Waals surface area contributed by atoms with Crippen LogP contribution in [0.5, 0.6) is 0 Å². The van der Waals surface area contributed by atoms with E-state index in [1.54, 1.807) is 35.6 Å². The molecule has 24 heavy (non-hydrogen) atoms. The zero-order valence-electron chi connectivity index (χ0n) is 13.0. The van der Waals surface area contributed by atoms with Crippen LogP contribution in [0.1, 0.15) is 25.7 Å². The number of carbonyl (C=O) groups is 2. The molecule has 0 aliphatic heterocycles. The minimum absolute atomic E-state index is 0.210. The highest BCUT2D eigenvalue weighted by Crippen LogP contribution is 2.31. The highest BCUT2D eigenvalue weighted by Gasteiger charge is 2.17. The number of esters is 1. The van der Waals surface area contributed by atoms with Crippen molar-refractivity contribution >= 4 is 40.2 Å². The number of thiophene rings is 1. The molecule has 0 saturated heterocycles. The Balaban J connectivity index is 1.77. The topological polar surface area (TPSA) is 68.3 Å². The number of aromatic nitrogens is 1. The van der Waals surface area contributed by atoms with Gasteiger partial charge in [-0.15, -0.1) is 22.7 Å². The summed E-state index contributed by atoms with van der Waals surface area (Å²) < 4.78 is 4.65. The van der Waals surface area contributed by atoms with E-state index < -0.39 is 5.97 Å². The zero-order chi connectivity index (χ0) is 17.1. The van der Waals surface area contributed by atoms with Gasteiger partial charge in [-0.3, -0.25) is 4.79 Å². The monoisotopic (exact) mass is 358 g/mol. The molecule has 0 unspecified atom stereocenters. The van der Waals surface area contributed by atoms with Crippen LogP contribution >= 0.6 is 22.7 Å². The number of anilines is 1. The van der Waals surface area contributed by atoms with E-state index in [-0.39, 0.29) is 5.91 Å². The van der Waals surface area contributed by atoms with Crippen molar-refractivity contribution in [1.29, 1.82) is 0 Å². The van der Waals surface area contributed by atoms with Gasteiger partial charge in [0, 0.05) is 5.69 Å². The molecule has 0 saturated carbocycles. The average molecular weight is 358 g/mol. The minimum Gasteiger partial charge on any atom is -0.465 e. The molecule has 0 atom stereocenters. The molecule has 3 rings (SSSR count). The molecule has 7 heteroatoms. The summed E-state index contributed by atoms with van der Waals surface area (Å²) in [5.41, 5.74) is 1.75. The molecule has 5 nitrogen and oxygen atoms in total. The summed E-state index contributed by atoms with van der Waals surface area (Å²) in [6.07, 6.45) is 0. The van der Waals surface area contributed by atoms with Gasteiger partial charge in [0.2, 0.25) is 0 Å². The van der Waals surface area contributed by atoms with E-state index in [9.17, 15) is 9.59 Å². The molecule has 0 aliphatic carbocycles. The number of ether oxygens (including phenoxy) is 1. The maximum atomic E-state index is 12.5. The minimum atomic E-state index is -0.410. The summed E-state index contributed by atoms with van der Waals surface area (Å²) in [4.78, 5) is 30.0. The maximum absolute atomic E-state index is 12.5. The van der Waals surface area contributed by atoms with Gasteiger partial charge in [-0.05, 0) is 42.6 Å². The van der Waals surface area contributed by atoms with Crippen LogP contribution in [-0.4, -0.2) is 24.0 Å². The van der Waals surface area contributed by atoms with Crippen molar-refractivity contribution in [2.24, 2.45) is 0 Å². The Kier molecular flexibility index (Phi) is 4.73. The van der Waals surface area contributed by atoms with Crippen molar-refractivity contribution in [2.45, 2.75) is 6.92 Å². The van der Waals surface area contributed by atoms with Crippen molar-refractivity contribution in [3.8, 4) is 9.88 Å². The Morgan fingerprint density at radius 1 is 1.17 bits per heavy atom. The van der Waals surface area contributed by atoms with Crippen LogP contribution in [0.15, 0.2) is 41.8 Å². The standard InChI is InChI=1S/C17H14N2O3S2/c1-10-14(24-16(18-10)13-4-3-9-23-13)15(20)19-12-7-5-11(6-8-12)17(21)22-2/h3-9H,1-2H3,(H,19,20). The van der Waals surface area contributed by atoms with Crippen LogP contribution in [0, 0.1) is 6.92 Å². The first-order valence-corrected chi connectivity index (χ1v) is 8.79. The van der Waals surface area contributed by atoms with Gasteiger partial charge in [-0.1, -0.05) is 6.07 Å². The highest BCUT2D eigenvalue weighted by atomic mass is 32.1. The Hall–Kier alpha value is -2.51. The number of nitrogens with zero attached hydrogens (tertiary/aromatic N) is 1. The van der Waals surface area contributed by atoms with E-state index in [0.29, 0.717) is 21.8 Å². The molecular formula is C17H14N2O3S2. The summed E-state index contributed by atoms with van der Waals surface area (Å²) in [5.74, 6) is -0.620. The van der Waals surface area contributed by atoms with Gasteiger partial charge in [-0.25, -0.2) is 9.78 Å². The molecule has 0 fully saturated rings. The summed E-state index contributed by atoms with van der Waals surface area (Å²) in [6.45, 7) is 1.82. The molecule has 3 aromatic rings. The van der Waals surface area contributed by atoms with Crippen molar-refractivity contribution in [3.05, 3.63) is 57.9 Å². The van der Waals surface area contributed by atoms with Crippen LogP contribution in [0.25, 0.3) is 9.88 Å². The second-order valence-corrected chi connectivity index (χ2v) is 6.88. The third-order valence-electron chi connectivity index (χ3n) is 3.30. The lowest BCUT2D eigenvalue weighted by atomic mass is 10.2. The summed E-state index contributed by atoms with van der Waals surface area (Å²) >= 11 is 2.96. The average Bonchev–Trinajstić information content (AvgIpc) is 3.24. The predicted octanol–water partition coefficient (Wildman–Crippen LogP) is 4.22. The molecular weight excluding hydrogens is 344 g/mol. The van der Waals surface area contributed by atoms with Crippen LogP contribution in [0.2, 0.25) is 0 Å². The molecule has 0 spiro atoms. The third kappa shape index (κ3) is 3.37. The first-order valence-electron chi connectivity index (χ1n) is 7.09. The van der Waals surface area contributed by atoms with Gasteiger partial charge in [0.05, 0.1) is 23.2 Å².